The van der Waals surface area contributed by atoms with Crippen LogP contribution in [0, 0.1) is 10.8 Å². The van der Waals surface area contributed by atoms with Gasteiger partial charge in [-0.25, -0.2) is 9.59 Å². The van der Waals surface area contributed by atoms with Gasteiger partial charge in [-0.1, -0.05) is 31.2 Å². The summed E-state index contributed by atoms with van der Waals surface area (Å²) in [6.07, 6.45) is 2.24. The van der Waals surface area contributed by atoms with Crippen LogP contribution in [0.2, 0.25) is 0 Å². The van der Waals surface area contributed by atoms with Gasteiger partial charge in [0.25, 0.3) is 0 Å². The number of allylic oxidation sites excluding steroid dienone is 2. The van der Waals surface area contributed by atoms with E-state index in [9.17, 15) is 24.9 Å². The first-order valence-electron chi connectivity index (χ1n) is 13.9. The Balaban J connectivity index is 1.38. The molecule has 1 saturated carbocycles. The predicted molar refractivity (Wildman–Crippen MR) is 137 cm³/mol. The fourth-order valence-electron chi connectivity index (χ4n) is 7.38. The average Bonchev–Trinajstić information content (AvgIpc) is 3.81. The maximum atomic E-state index is 13.3. The lowest BCUT2D eigenvalue weighted by atomic mass is 9.51. The minimum Gasteiger partial charge on any atom is -0.463 e. The Hall–Kier alpha value is -2.12. The van der Waals surface area contributed by atoms with Crippen LogP contribution in [-0.4, -0.2) is 107 Å². The molecule has 12 atom stereocenters. The third-order valence-electron chi connectivity index (χ3n) is 10.3. The molecule has 3 saturated heterocycles. The van der Waals surface area contributed by atoms with E-state index in [4.69, 9.17) is 28.4 Å². The zero-order valence-electron chi connectivity index (χ0n) is 23.1. The number of cyclic esters (lactones) is 1. The topological polar surface area (TPSA) is 157 Å². The van der Waals surface area contributed by atoms with Gasteiger partial charge in [0, 0.05) is 17.9 Å². The molecular weight excluding hydrogens is 524 g/mol. The van der Waals surface area contributed by atoms with Crippen molar-refractivity contribution in [1.29, 1.82) is 0 Å². The number of aliphatic hydroxyl groups is 3. The van der Waals surface area contributed by atoms with Crippen LogP contribution in [0.3, 0.4) is 0 Å². The number of fused-ring (bicyclic) bond motifs is 1. The molecule has 2 aliphatic carbocycles. The van der Waals surface area contributed by atoms with Crippen LogP contribution in [0.1, 0.15) is 40.5 Å². The van der Waals surface area contributed by atoms with Gasteiger partial charge in [-0.2, -0.15) is 0 Å². The summed E-state index contributed by atoms with van der Waals surface area (Å²) in [5.41, 5.74) is -3.03. The first kappa shape index (κ1) is 28.0. The zero-order chi connectivity index (χ0) is 28.7. The van der Waals surface area contributed by atoms with Gasteiger partial charge in [-0.15, -0.1) is 0 Å². The summed E-state index contributed by atoms with van der Waals surface area (Å²) < 4.78 is 35.9. The van der Waals surface area contributed by atoms with E-state index in [1.165, 1.54) is 12.2 Å². The summed E-state index contributed by atoms with van der Waals surface area (Å²) in [7, 11) is 0. The van der Waals surface area contributed by atoms with E-state index in [2.05, 4.69) is 0 Å². The Labute approximate surface area is 232 Å². The van der Waals surface area contributed by atoms with Crippen LogP contribution >= 0.6 is 0 Å². The van der Waals surface area contributed by atoms with Crippen molar-refractivity contribution in [2.75, 3.05) is 19.8 Å². The molecule has 2 spiro atoms. The van der Waals surface area contributed by atoms with Crippen molar-refractivity contribution in [3.05, 3.63) is 36.0 Å². The Morgan fingerprint density at radius 3 is 2.55 bits per heavy atom. The molecule has 4 heterocycles. The summed E-state index contributed by atoms with van der Waals surface area (Å²) in [6.45, 7) is 7.03. The third-order valence-corrected chi connectivity index (χ3v) is 10.3. The van der Waals surface area contributed by atoms with Gasteiger partial charge in [-0.05, 0) is 32.8 Å². The molecule has 1 unspecified atom stereocenters. The van der Waals surface area contributed by atoms with Crippen molar-refractivity contribution >= 4 is 11.9 Å². The van der Waals surface area contributed by atoms with Gasteiger partial charge in [-0.3, -0.25) is 0 Å². The SMILES string of the molecule is CC1=C[C@H]2O[C@H]3C[C@H]4OC(=O)/C=C\C=C\[C@H]([C@H](C)O)OC[C@H](O)[C@@]5(C)O[C@@H]5C(=O)OCC2(C[C@H]1O)[C@]4(C)[C@@]31CO1. The molecule has 6 rings (SSSR count). The van der Waals surface area contributed by atoms with Crippen molar-refractivity contribution in [3.63, 3.8) is 0 Å². The highest BCUT2D eigenvalue weighted by Crippen LogP contribution is 2.72. The van der Waals surface area contributed by atoms with E-state index in [0.717, 1.165) is 5.57 Å². The summed E-state index contributed by atoms with van der Waals surface area (Å²) >= 11 is 0. The van der Waals surface area contributed by atoms with E-state index < -0.39 is 76.7 Å². The number of carbonyl (C=O) groups is 2. The van der Waals surface area contributed by atoms with Gasteiger partial charge >= 0.3 is 11.9 Å². The largest absolute Gasteiger partial charge is 0.463 e. The lowest BCUT2D eigenvalue weighted by Gasteiger charge is -2.58. The van der Waals surface area contributed by atoms with Crippen molar-refractivity contribution in [1.82, 2.24) is 0 Å². The van der Waals surface area contributed by atoms with Crippen LogP contribution < -0.4 is 0 Å². The van der Waals surface area contributed by atoms with E-state index in [1.54, 1.807) is 26.0 Å². The summed E-state index contributed by atoms with van der Waals surface area (Å²) in [5, 5.41) is 31.9. The van der Waals surface area contributed by atoms with Crippen LogP contribution in [0.4, 0.5) is 0 Å². The number of carbonyl (C=O) groups excluding carboxylic acids is 2. The molecule has 220 valence electrons. The van der Waals surface area contributed by atoms with Crippen molar-refractivity contribution in [2.24, 2.45) is 10.8 Å². The number of ether oxygens (including phenoxy) is 6. The number of esters is 2. The molecule has 0 radical (unpaired) electrons. The highest BCUT2D eigenvalue weighted by Gasteiger charge is 2.83. The predicted octanol–water partition coefficient (Wildman–Crippen LogP) is 0.496. The Bertz CT molecular complexity index is 1160. The number of rotatable bonds is 1. The molecule has 0 aromatic carbocycles. The fraction of sp³-hybridized carbons (Fsp3) is 0.724. The smallest absolute Gasteiger partial charge is 0.338 e. The molecule has 2 bridgehead atoms. The minimum absolute atomic E-state index is 0.134. The maximum Gasteiger partial charge on any atom is 0.338 e. The first-order valence-corrected chi connectivity index (χ1v) is 13.9. The lowest BCUT2D eigenvalue weighted by Crippen LogP contribution is -2.68. The number of hydrogen-bond acceptors (Lipinski definition) is 11. The second-order valence-corrected chi connectivity index (χ2v) is 12.5. The van der Waals surface area contributed by atoms with Crippen LogP contribution in [0.15, 0.2) is 36.0 Å². The fourth-order valence-corrected chi connectivity index (χ4v) is 7.38. The molecule has 0 aromatic rings. The second-order valence-electron chi connectivity index (χ2n) is 12.5. The van der Waals surface area contributed by atoms with Gasteiger partial charge in [0.2, 0.25) is 0 Å². The van der Waals surface area contributed by atoms with Crippen molar-refractivity contribution < 1.29 is 53.3 Å². The molecule has 6 aliphatic rings. The van der Waals surface area contributed by atoms with E-state index in [-0.39, 0.29) is 25.7 Å². The number of aliphatic hydroxyl groups excluding tert-OH is 3. The summed E-state index contributed by atoms with van der Waals surface area (Å²) in [5.74, 6) is -1.23. The molecule has 0 amide bonds. The van der Waals surface area contributed by atoms with Gasteiger partial charge in [0.05, 0.1) is 43.0 Å². The maximum absolute atomic E-state index is 13.3. The summed E-state index contributed by atoms with van der Waals surface area (Å²) in [4.78, 5) is 26.3. The van der Waals surface area contributed by atoms with Crippen molar-refractivity contribution in [2.45, 2.75) is 101 Å². The summed E-state index contributed by atoms with van der Waals surface area (Å²) in [6, 6.07) is 0. The quantitative estimate of drug-likeness (QED) is 0.232. The molecule has 40 heavy (non-hydrogen) atoms. The average molecular weight is 563 g/mol. The monoisotopic (exact) mass is 562 g/mol. The van der Waals surface area contributed by atoms with Gasteiger partial charge in [0.15, 0.2) is 6.10 Å². The number of hydrogen-bond donors (Lipinski definition) is 3. The molecule has 11 heteroatoms. The molecule has 11 nitrogen and oxygen atoms in total. The minimum atomic E-state index is -1.22. The standard InChI is InChI=1S/C29H38O11/c1-15-9-21-28(11-17(15)31)13-36-25(34)24-26(3,40-24)19(32)12-35-18(16(2)30)7-5-6-8-23(33)39-20-10-22(38-21)29(14-37-29)27(20,28)4/h5-9,16-22,24,30-32H,10-14H2,1-4H3/b7-5+,8-6-/t16-,17+,18+,19-,20+,21+,22-,24+,26+,27+,28?,29+/m0/s1. The van der Waals surface area contributed by atoms with Crippen LogP contribution in [-0.2, 0) is 38.0 Å². The third kappa shape index (κ3) is 3.97. The first-order chi connectivity index (χ1) is 18.9. The van der Waals surface area contributed by atoms with E-state index in [1.807, 2.05) is 19.9 Å². The lowest BCUT2D eigenvalue weighted by molar-refractivity contribution is -0.239. The highest BCUT2D eigenvalue weighted by atomic mass is 16.7. The molecule has 4 fully saturated rings. The molecular formula is C29H38O11. The number of epoxide rings is 2. The Morgan fingerprint density at radius 2 is 1.85 bits per heavy atom. The van der Waals surface area contributed by atoms with E-state index in [0.29, 0.717) is 13.0 Å². The second kappa shape index (κ2) is 9.45. The normalized spacial score (nSPS) is 52.6. The highest BCUT2D eigenvalue weighted by molar-refractivity contribution is 5.82. The Morgan fingerprint density at radius 1 is 1.10 bits per heavy atom. The van der Waals surface area contributed by atoms with E-state index >= 15 is 0 Å². The van der Waals surface area contributed by atoms with Gasteiger partial charge in [0.1, 0.15) is 36.1 Å². The van der Waals surface area contributed by atoms with Crippen LogP contribution in [0.25, 0.3) is 0 Å². The van der Waals surface area contributed by atoms with Crippen LogP contribution in [0.5, 0.6) is 0 Å². The van der Waals surface area contributed by atoms with Crippen molar-refractivity contribution in [3.8, 4) is 0 Å². The van der Waals surface area contributed by atoms with Gasteiger partial charge < -0.3 is 43.7 Å². The zero-order valence-corrected chi connectivity index (χ0v) is 23.1. The molecule has 3 N–H and O–H groups in total. The Kier molecular flexibility index (Phi) is 6.62. The molecule has 4 aliphatic heterocycles. The molecule has 0 aromatic heterocycles.